The van der Waals surface area contributed by atoms with Crippen LogP contribution in [0.3, 0.4) is 0 Å². The summed E-state index contributed by atoms with van der Waals surface area (Å²) in [5, 5.41) is 20.1. The van der Waals surface area contributed by atoms with Gasteiger partial charge in [-0.15, -0.1) is 0 Å². The first-order valence-electron chi connectivity index (χ1n) is 6.78. The first-order chi connectivity index (χ1) is 10.2. The fraction of sp³-hybridized carbons (Fsp3) is 0.250. The van der Waals surface area contributed by atoms with Crippen LogP contribution < -0.4 is 4.74 Å². The molecular formula is C16H15NO4. The van der Waals surface area contributed by atoms with Gasteiger partial charge in [-0.05, 0) is 29.2 Å². The predicted molar refractivity (Wildman–Crippen MR) is 77.4 cm³/mol. The average Bonchev–Trinajstić information content (AvgIpc) is 2.48. The number of nitro benzene ring substituents is 1. The molecule has 0 fully saturated rings. The molecule has 5 nitrogen and oxygen atoms in total. The number of aliphatic hydroxyl groups is 1. The molecule has 3 rings (SSSR count). The van der Waals surface area contributed by atoms with E-state index in [0.29, 0.717) is 18.1 Å². The van der Waals surface area contributed by atoms with E-state index in [1.54, 1.807) is 12.1 Å². The quantitative estimate of drug-likeness (QED) is 0.677. The average molecular weight is 285 g/mol. The number of hydrogen-bond donors (Lipinski definition) is 1. The minimum atomic E-state index is -0.483. The van der Waals surface area contributed by atoms with Gasteiger partial charge in [-0.3, -0.25) is 10.1 Å². The van der Waals surface area contributed by atoms with Crippen LogP contribution in [-0.4, -0.2) is 16.6 Å². The van der Waals surface area contributed by atoms with Crippen molar-refractivity contribution in [2.45, 2.75) is 18.9 Å². The molecule has 0 radical (unpaired) electrons. The lowest BCUT2D eigenvalue weighted by molar-refractivity contribution is -0.386. The van der Waals surface area contributed by atoms with Gasteiger partial charge in [0, 0.05) is 12.0 Å². The van der Waals surface area contributed by atoms with E-state index in [-0.39, 0.29) is 18.0 Å². The lowest BCUT2D eigenvalue weighted by Crippen LogP contribution is -2.23. The molecule has 2 aromatic carbocycles. The van der Waals surface area contributed by atoms with Gasteiger partial charge in [0.15, 0.2) is 5.75 Å². The van der Waals surface area contributed by atoms with Gasteiger partial charge in [-0.2, -0.15) is 0 Å². The third-order valence-corrected chi connectivity index (χ3v) is 3.80. The fourth-order valence-corrected chi connectivity index (χ4v) is 2.63. The van der Waals surface area contributed by atoms with Gasteiger partial charge in [0.1, 0.15) is 0 Å². The summed E-state index contributed by atoms with van der Waals surface area (Å²) in [5.41, 5.74) is 2.97. The number of aliphatic hydroxyl groups excluding tert-OH is 1. The summed E-state index contributed by atoms with van der Waals surface area (Å²) in [6, 6.07) is 12.7. The van der Waals surface area contributed by atoms with Crippen LogP contribution in [-0.2, 0) is 13.0 Å². The molecule has 108 valence electrons. The van der Waals surface area contributed by atoms with E-state index in [1.807, 2.05) is 12.1 Å². The summed E-state index contributed by atoms with van der Waals surface area (Å²) in [6.07, 6.45) is 0.943. The van der Waals surface area contributed by atoms with Crippen molar-refractivity contribution in [2.75, 3.05) is 6.61 Å². The van der Waals surface area contributed by atoms with E-state index >= 15 is 0 Å². The zero-order chi connectivity index (χ0) is 14.8. The highest BCUT2D eigenvalue weighted by Gasteiger charge is 2.27. The van der Waals surface area contributed by atoms with Gasteiger partial charge < -0.3 is 9.84 Å². The van der Waals surface area contributed by atoms with Gasteiger partial charge in [0.2, 0.25) is 0 Å². The fourth-order valence-electron chi connectivity index (χ4n) is 2.63. The van der Waals surface area contributed by atoms with Crippen LogP contribution >= 0.6 is 0 Å². The molecule has 0 saturated carbocycles. The van der Waals surface area contributed by atoms with Crippen molar-refractivity contribution in [3.8, 4) is 5.75 Å². The predicted octanol–water partition coefficient (Wildman–Crippen LogP) is 2.81. The smallest absolute Gasteiger partial charge is 0.311 e. The van der Waals surface area contributed by atoms with E-state index in [2.05, 4.69) is 12.1 Å². The first-order valence-corrected chi connectivity index (χ1v) is 6.78. The maximum absolute atomic E-state index is 11.1. The lowest BCUT2D eigenvalue weighted by Gasteiger charge is -2.29. The van der Waals surface area contributed by atoms with Crippen molar-refractivity contribution in [1.29, 1.82) is 0 Å². The zero-order valence-corrected chi connectivity index (χ0v) is 11.4. The number of ether oxygens (including phenoxy) is 1. The Morgan fingerprint density at radius 1 is 1.29 bits per heavy atom. The first kappa shape index (κ1) is 13.6. The molecule has 0 saturated heterocycles. The Kier molecular flexibility index (Phi) is 3.58. The van der Waals surface area contributed by atoms with Gasteiger partial charge >= 0.3 is 5.69 Å². The second-order valence-electron chi connectivity index (χ2n) is 5.13. The molecule has 0 aromatic heterocycles. The van der Waals surface area contributed by atoms with E-state index in [9.17, 15) is 10.1 Å². The molecule has 0 aliphatic heterocycles. The van der Waals surface area contributed by atoms with Crippen LogP contribution in [0.2, 0.25) is 0 Å². The Hall–Kier alpha value is -2.40. The summed E-state index contributed by atoms with van der Waals surface area (Å²) in [7, 11) is 0. The lowest BCUT2D eigenvalue weighted by atomic mass is 9.78. The summed E-state index contributed by atoms with van der Waals surface area (Å²) in [6.45, 7) is 0.202. The molecule has 0 bridgehead atoms. The van der Waals surface area contributed by atoms with E-state index in [0.717, 1.165) is 6.42 Å². The van der Waals surface area contributed by atoms with Crippen molar-refractivity contribution in [1.82, 2.24) is 0 Å². The van der Waals surface area contributed by atoms with Crippen LogP contribution in [0.15, 0.2) is 42.5 Å². The Bertz CT molecular complexity index is 684. The third-order valence-electron chi connectivity index (χ3n) is 3.80. The van der Waals surface area contributed by atoms with E-state index in [1.165, 1.54) is 17.2 Å². The maximum atomic E-state index is 11.1. The zero-order valence-electron chi connectivity index (χ0n) is 11.4. The Morgan fingerprint density at radius 3 is 2.81 bits per heavy atom. The molecule has 2 aromatic rings. The number of fused-ring (bicyclic) bond motifs is 1. The van der Waals surface area contributed by atoms with E-state index in [4.69, 9.17) is 9.84 Å². The standard InChI is InChI=1S/C16H15NO4/c18-9-11-5-6-16(15(7-11)17(19)20)21-10-13-8-12-3-1-2-4-14(12)13/h1-7,13,18H,8-10H2. The van der Waals surface area contributed by atoms with Gasteiger partial charge in [0.25, 0.3) is 0 Å². The van der Waals surface area contributed by atoms with E-state index < -0.39 is 4.92 Å². The molecule has 1 N–H and O–H groups in total. The van der Waals surface area contributed by atoms with Crippen molar-refractivity contribution >= 4 is 5.69 Å². The number of rotatable bonds is 5. The highest BCUT2D eigenvalue weighted by atomic mass is 16.6. The molecule has 0 spiro atoms. The summed E-state index contributed by atoms with van der Waals surface area (Å²) < 4.78 is 5.64. The minimum absolute atomic E-state index is 0.103. The highest BCUT2D eigenvalue weighted by molar-refractivity contribution is 5.49. The summed E-state index contributed by atoms with van der Waals surface area (Å²) >= 11 is 0. The number of nitrogens with zero attached hydrogens (tertiary/aromatic N) is 1. The largest absolute Gasteiger partial charge is 0.486 e. The molecule has 5 heteroatoms. The van der Waals surface area contributed by atoms with Crippen LogP contribution in [0.5, 0.6) is 5.75 Å². The number of nitro groups is 1. The Balaban J connectivity index is 1.73. The number of benzene rings is 2. The van der Waals surface area contributed by atoms with Crippen molar-refractivity contribution in [3.05, 3.63) is 69.3 Å². The molecular weight excluding hydrogens is 270 g/mol. The second kappa shape index (κ2) is 5.54. The summed E-state index contributed by atoms with van der Waals surface area (Å²) in [4.78, 5) is 10.6. The topological polar surface area (TPSA) is 72.6 Å². The van der Waals surface area contributed by atoms with Crippen LogP contribution in [0.1, 0.15) is 22.6 Å². The second-order valence-corrected chi connectivity index (χ2v) is 5.13. The Labute approximate surface area is 122 Å². The normalized spacial score (nSPS) is 16.0. The van der Waals surface area contributed by atoms with Crippen molar-refractivity contribution in [3.63, 3.8) is 0 Å². The van der Waals surface area contributed by atoms with Crippen molar-refractivity contribution in [2.24, 2.45) is 0 Å². The molecule has 1 unspecified atom stereocenters. The molecule has 21 heavy (non-hydrogen) atoms. The molecule has 0 heterocycles. The molecule has 1 aliphatic carbocycles. The maximum Gasteiger partial charge on any atom is 0.311 e. The molecule has 1 aliphatic rings. The SMILES string of the molecule is O=[N+]([O-])c1cc(CO)ccc1OCC1Cc2ccccc21. The highest BCUT2D eigenvalue weighted by Crippen LogP contribution is 2.36. The van der Waals surface area contributed by atoms with Crippen LogP contribution in [0, 0.1) is 10.1 Å². The monoisotopic (exact) mass is 285 g/mol. The summed E-state index contributed by atoms with van der Waals surface area (Å²) in [5.74, 6) is 0.542. The van der Waals surface area contributed by atoms with Gasteiger partial charge in [0.05, 0.1) is 18.1 Å². The third kappa shape index (κ3) is 2.60. The van der Waals surface area contributed by atoms with Gasteiger partial charge in [-0.1, -0.05) is 30.3 Å². The molecule has 0 amide bonds. The van der Waals surface area contributed by atoms with Crippen LogP contribution in [0.4, 0.5) is 5.69 Å². The van der Waals surface area contributed by atoms with Crippen LogP contribution in [0.25, 0.3) is 0 Å². The molecule has 1 atom stereocenters. The minimum Gasteiger partial charge on any atom is -0.486 e. The van der Waals surface area contributed by atoms with Gasteiger partial charge in [-0.25, -0.2) is 0 Å². The Morgan fingerprint density at radius 2 is 2.10 bits per heavy atom. The van der Waals surface area contributed by atoms with Crippen molar-refractivity contribution < 1.29 is 14.8 Å². The number of hydrogen-bond acceptors (Lipinski definition) is 4.